The first-order valence-electron chi connectivity index (χ1n) is 16.0. The van der Waals surface area contributed by atoms with Crippen LogP contribution in [0.15, 0.2) is 47.4 Å². The van der Waals surface area contributed by atoms with E-state index in [0.717, 1.165) is 24.5 Å². The topological polar surface area (TPSA) is 116 Å². The number of hydrogen-bond acceptors (Lipinski definition) is 7. The number of nitrogens with one attached hydrogen (secondary N) is 1. The average molecular weight is 654 g/mol. The summed E-state index contributed by atoms with van der Waals surface area (Å²) in [7, 11) is 0. The number of aromatic nitrogens is 1. The van der Waals surface area contributed by atoms with E-state index in [-0.39, 0.29) is 66.6 Å². The Bertz CT molecular complexity index is 1700. The Morgan fingerprint density at radius 2 is 1.77 bits per heavy atom. The SMILES string of the molecule is CCOC(=O)c1cn(C2CC2)c2c(CC[C@@H]3[C@H](CNC(=O)OC(C)(C)C)CCN3C(=O)OCc3ccccc3)c(F)c(F)cc2c1=O. The van der Waals surface area contributed by atoms with Gasteiger partial charge in [-0.3, -0.25) is 4.79 Å². The fourth-order valence-corrected chi connectivity index (χ4v) is 6.16. The summed E-state index contributed by atoms with van der Waals surface area (Å²) in [5.74, 6) is -3.36. The van der Waals surface area contributed by atoms with Crippen LogP contribution in [0, 0.1) is 17.6 Å². The van der Waals surface area contributed by atoms with E-state index in [1.54, 1.807) is 37.2 Å². The molecule has 1 aliphatic heterocycles. The molecule has 3 aromatic rings. The lowest BCUT2D eigenvalue weighted by atomic mass is 9.93. The van der Waals surface area contributed by atoms with Crippen LogP contribution in [0.3, 0.4) is 0 Å². The van der Waals surface area contributed by atoms with E-state index in [9.17, 15) is 19.2 Å². The molecule has 0 radical (unpaired) electrons. The van der Waals surface area contributed by atoms with E-state index >= 15 is 8.78 Å². The number of esters is 1. The quantitative estimate of drug-likeness (QED) is 0.202. The van der Waals surface area contributed by atoms with Gasteiger partial charge < -0.3 is 29.0 Å². The first-order valence-corrected chi connectivity index (χ1v) is 16.0. The number of ether oxygens (including phenoxy) is 3. The zero-order valence-corrected chi connectivity index (χ0v) is 27.1. The van der Waals surface area contributed by atoms with Gasteiger partial charge in [0.25, 0.3) is 0 Å². The summed E-state index contributed by atoms with van der Waals surface area (Å²) in [5.41, 5.74) is -0.644. The van der Waals surface area contributed by atoms with Crippen LogP contribution in [0.4, 0.5) is 18.4 Å². The molecule has 2 fully saturated rings. The Kier molecular flexibility index (Phi) is 10.2. The highest BCUT2D eigenvalue weighted by atomic mass is 19.2. The van der Waals surface area contributed by atoms with E-state index in [1.807, 2.05) is 30.3 Å². The summed E-state index contributed by atoms with van der Waals surface area (Å²) in [4.78, 5) is 53.4. The number of fused-ring (bicyclic) bond motifs is 1. The largest absolute Gasteiger partial charge is 0.462 e. The Morgan fingerprint density at radius 1 is 1.04 bits per heavy atom. The number of nitrogens with zero attached hydrogens (tertiary/aromatic N) is 2. The Balaban J connectivity index is 1.45. The molecule has 5 rings (SSSR count). The molecule has 1 saturated carbocycles. The number of aryl methyl sites for hydroxylation is 1. The van der Waals surface area contributed by atoms with Crippen molar-refractivity contribution in [3.63, 3.8) is 0 Å². The molecular formula is C35H41F2N3O7. The lowest BCUT2D eigenvalue weighted by Crippen LogP contribution is -2.42. The molecule has 2 amide bonds. The van der Waals surface area contributed by atoms with Crippen molar-refractivity contribution in [1.29, 1.82) is 0 Å². The number of benzene rings is 2. The number of pyridine rings is 1. The second-order valence-electron chi connectivity index (χ2n) is 13.0. The number of amides is 2. The summed E-state index contributed by atoms with van der Waals surface area (Å²) in [6, 6.07) is 9.47. The van der Waals surface area contributed by atoms with Gasteiger partial charge in [-0.25, -0.2) is 23.2 Å². The molecule has 2 heterocycles. The van der Waals surface area contributed by atoms with Crippen molar-refractivity contribution in [3.05, 3.63) is 81.1 Å². The Labute approximate surface area is 272 Å². The first kappa shape index (κ1) is 33.9. The van der Waals surface area contributed by atoms with Gasteiger partial charge in [0.15, 0.2) is 11.6 Å². The molecule has 1 N–H and O–H groups in total. The summed E-state index contributed by atoms with van der Waals surface area (Å²) >= 11 is 0. The Hall–Kier alpha value is -4.48. The summed E-state index contributed by atoms with van der Waals surface area (Å²) in [6.45, 7) is 7.51. The van der Waals surface area contributed by atoms with Crippen LogP contribution in [-0.2, 0) is 27.2 Å². The van der Waals surface area contributed by atoms with Gasteiger partial charge in [-0.15, -0.1) is 0 Å². The smallest absolute Gasteiger partial charge is 0.410 e. The molecule has 252 valence electrons. The van der Waals surface area contributed by atoms with Gasteiger partial charge in [-0.05, 0) is 77.3 Å². The molecule has 0 spiro atoms. The number of carbonyl (C=O) groups excluding carboxylic acids is 3. The molecule has 2 aliphatic rings. The predicted molar refractivity (Wildman–Crippen MR) is 170 cm³/mol. The number of rotatable bonds is 10. The second kappa shape index (κ2) is 14.1. The predicted octanol–water partition coefficient (Wildman–Crippen LogP) is 6.28. The molecule has 0 bridgehead atoms. The van der Waals surface area contributed by atoms with Gasteiger partial charge in [0.05, 0.1) is 12.1 Å². The maximum absolute atomic E-state index is 15.7. The van der Waals surface area contributed by atoms with Crippen molar-refractivity contribution >= 4 is 29.1 Å². The minimum atomic E-state index is -1.21. The summed E-state index contributed by atoms with van der Waals surface area (Å²) in [5, 5.41) is 2.67. The van der Waals surface area contributed by atoms with Crippen molar-refractivity contribution < 1.29 is 37.4 Å². The van der Waals surface area contributed by atoms with E-state index in [0.29, 0.717) is 13.0 Å². The van der Waals surface area contributed by atoms with Gasteiger partial charge in [0, 0.05) is 42.3 Å². The lowest BCUT2D eigenvalue weighted by molar-refractivity contribution is 0.0506. The summed E-state index contributed by atoms with van der Waals surface area (Å²) in [6.07, 6.45) is 2.42. The van der Waals surface area contributed by atoms with Crippen molar-refractivity contribution in [2.24, 2.45) is 5.92 Å². The van der Waals surface area contributed by atoms with Crippen LogP contribution in [0.1, 0.15) is 80.9 Å². The van der Waals surface area contributed by atoms with E-state index < -0.39 is 46.9 Å². The van der Waals surface area contributed by atoms with Gasteiger partial charge in [0.1, 0.15) is 17.8 Å². The summed E-state index contributed by atoms with van der Waals surface area (Å²) < 4.78 is 48.6. The van der Waals surface area contributed by atoms with Crippen LogP contribution < -0.4 is 10.7 Å². The van der Waals surface area contributed by atoms with Gasteiger partial charge in [-0.1, -0.05) is 30.3 Å². The number of halogens is 2. The molecule has 0 unspecified atom stereocenters. The third kappa shape index (κ3) is 7.91. The van der Waals surface area contributed by atoms with Gasteiger partial charge in [-0.2, -0.15) is 0 Å². The highest BCUT2D eigenvalue weighted by molar-refractivity contribution is 5.94. The molecule has 12 heteroatoms. The minimum absolute atomic E-state index is 0.0113. The highest BCUT2D eigenvalue weighted by Gasteiger charge is 2.39. The molecule has 10 nitrogen and oxygen atoms in total. The van der Waals surface area contributed by atoms with Crippen molar-refractivity contribution in [3.8, 4) is 0 Å². The first-order chi connectivity index (χ1) is 22.4. The van der Waals surface area contributed by atoms with E-state index in [4.69, 9.17) is 14.2 Å². The number of hydrogen-bond donors (Lipinski definition) is 1. The lowest BCUT2D eigenvalue weighted by Gasteiger charge is -2.29. The number of likely N-dealkylation sites (tertiary alicyclic amines) is 1. The zero-order chi connectivity index (χ0) is 33.9. The van der Waals surface area contributed by atoms with Crippen molar-refractivity contribution in [1.82, 2.24) is 14.8 Å². The Morgan fingerprint density at radius 3 is 2.43 bits per heavy atom. The standard InChI is InChI=1S/C35H41F2N3O7/c1-5-45-32(42)26-19-40(23-11-12-23)30-24(29(37)27(36)17-25(30)31(26)41)13-14-28-22(18-38-33(43)47-35(2,3)4)15-16-39(28)34(44)46-20-21-9-7-6-8-10-21/h6-10,17,19,22-23,28H,5,11-16,18,20H2,1-4H3,(H,38,43)/t22-,28+/m0/s1. The van der Waals surface area contributed by atoms with Crippen molar-refractivity contribution in [2.45, 2.75) is 84.1 Å². The third-order valence-corrected chi connectivity index (χ3v) is 8.46. The van der Waals surface area contributed by atoms with Crippen LogP contribution in [0.5, 0.6) is 0 Å². The van der Waals surface area contributed by atoms with E-state index in [1.165, 1.54) is 6.20 Å². The molecule has 1 saturated heterocycles. The minimum Gasteiger partial charge on any atom is -0.462 e. The van der Waals surface area contributed by atoms with E-state index in [2.05, 4.69) is 5.32 Å². The fourth-order valence-electron chi connectivity index (χ4n) is 6.16. The molecule has 2 aromatic carbocycles. The van der Waals surface area contributed by atoms with Gasteiger partial charge in [0.2, 0.25) is 5.43 Å². The molecule has 1 aromatic heterocycles. The maximum Gasteiger partial charge on any atom is 0.410 e. The monoisotopic (exact) mass is 653 g/mol. The third-order valence-electron chi connectivity index (χ3n) is 8.46. The number of carbonyl (C=O) groups is 3. The number of alkyl carbamates (subject to hydrolysis) is 1. The highest BCUT2D eigenvalue weighted by Crippen LogP contribution is 2.39. The molecule has 1 aliphatic carbocycles. The van der Waals surface area contributed by atoms with Crippen LogP contribution in [0.25, 0.3) is 10.9 Å². The van der Waals surface area contributed by atoms with Crippen LogP contribution >= 0.6 is 0 Å². The molecule has 2 atom stereocenters. The maximum atomic E-state index is 15.7. The molecule has 47 heavy (non-hydrogen) atoms. The van der Waals surface area contributed by atoms with Crippen molar-refractivity contribution in [2.75, 3.05) is 19.7 Å². The van der Waals surface area contributed by atoms with Gasteiger partial charge >= 0.3 is 18.2 Å². The normalized spacial score (nSPS) is 17.9. The molecular weight excluding hydrogens is 612 g/mol. The second-order valence-corrected chi connectivity index (χ2v) is 13.0. The van der Waals surface area contributed by atoms with Crippen LogP contribution in [0.2, 0.25) is 0 Å². The van der Waals surface area contributed by atoms with Crippen LogP contribution in [-0.4, -0.2) is 59.0 Å². The average Bonchev–Trinajstić information content (AvgIpc) is 3.79. The zero-order valence-electron chi connectivity index (χ0n) is 27.1. The fraction of sp³-hybridized carbons (Fsp3) is 0.486.